The number of carbonyl (C=O) groups excluding carboxylic acids is 1. The van der Waals surface area contributed by atoms with Crippen molar-refractivity contribution in [3.05, 3.63) is 0 Å². The van der Waals surface area contributed by atoms with Crippen LogP contribution in [0.5, 0.6) is 0 Å². The third-order valence-electron chi connectivity index (χ3n) is 4.35. The zero-order valence-electron chi connectivity index (χ0n) is 15.5. The van der Waals surface area contributed by atoms with Gasteiger partial charge in [0.15, 0.2) is 0 Å². The van der Waals surface area contributed by atoms with Gasteiger partial charge in [0, 0.05) is 6.42 Å². The molecule has 132 valence electrons. The van der Waals surface area contributed by atoms with Crippen LogP contribution < -0.4 is 0 Å². The molecule has 0 fully saturated rings. The molecule has 0 unspecified atom stereocenters. The van der Waals surface area contributed by atoms with Gasteiger partial charge in [0.1, 0.15) is 6.10 Å². The molecule has 0 saturated carbocycles. The van der Waals surface area contributed by atoms with Crippen LogP contribution in [-0.2, 0) is 9.53 Å². The number of rotatable bonds is 16. The van der Waals surface area contributed by atoms with Crippen LogP contribution in [0.1, 0.15) is 117 Å². The predicted octanol–water partition coefficient (Wildman–Crippen LogP) is 6.81. The number of unbranched alkanes of at least 4 members (excludes halogenated alkanes) is 10. The molecule has 0 bridgehead atoms. The Labute approximate surface area is 139 Å². The topological polar surface area (TPSA) is 26.3 Å². The van der Waals surface area contributed by atoms with Crippen LogP contribution in [0.2, 0.25) is 0 Å². The minimum absolute atomic E-state index is 0.0277. The van der Waals surface area contributed by atoms with E-state index in [-0.39, 0.29) is 12.1 Å². The summed E-state index contributed by atoms with van der Waals surface area (Å²) in [5.41, 5.74) is 0. The van der Waals surface area contributed by atoms with Crippen LogP contribution >= 0.6 is 0 Å². The molecular formula is C20H40O2. The molecule has 0 aromatic rings. The first-order valence-corrected chi connectivity index (χ1v) is 9.94. The molecule has 0 radical (unpaired) electrons. The van der Waals surface area contributed by atoms with Gasteiger partial charge in [0.2, 0.25) is 0 Å². The molecule has 22 heavy (non-hydrogen) atoms. The van der Waals surface area contributed by atoms with E-state index in [2.05, 4.69) is 13.8 Å². The molecule has 2 heteroatoms. The van der Waals surface area contributed by atoms with E-state index in [0.717, 1.165) is 12.8 Å². The van der Waals surface area contributed by atoms with Gasteiger partial charge in [-0.2, -0.15) is 0 Å². The van der Waals surface area contributed by atoms with E-state index in [1.807, 2.05) is 6.92 Å². The maximum atomic E-state index is 11.5. The summed E-state index contributed by atoms with van der Waals surface area (Å²) in [5.74, 6) is -0.0277. The lowest BCUT2D eigenvalue weighted by Crippen LogP contribution is -2.17. The van der Waals surface area contributed by atoms with Crippen molar-refractivity contribution in [1.29, 1.82) is 0 Å². The fourth-order valence-electron chi connectivity index (χ4n) is 2.84. The Morgan fingerprint density at radius 3 is 1.55 bits per heavy atom. The highest BCUT2D eigenvalue weighted by atomic mass is 16.5. The van der Waals surface area contributed by atoms with Crippen LogP contribution in [0, 0.1) is 0 Å². The smallest absolute Gasteiger partial charge is 0.305 e. The highest BCUT2D eigenvalue weighted by Gasteiger charge is 2.12. The van der Waals surface area contributed by atoms with Crippen molar-refractivity contribution in [3.63, 3.8) is 0 Å². The summed E-state index contributed by atoms with van der Waals surface area (Å²) in [6.07, 6.45) is 18.5. The second-order valence-corrected chi connectivity index (χ2v) is 6.58. The van der Waals surface area contributed by atoms with Crippen LogP contribution in [0.3, 0.4) is 0 Å². The molecule has 2 nitrogen and oxygen atoms in total. The fourth-order valence-corrected chi connectivity index (χ4v) is 2.84. The van der Waals surface area contributed by atoms with Crippen molar-refractivity contribution in [1.82, 2.24) is 0 Å². The maximum absolute atomic E-state index is 11.5. The van der Waals surface area contributed by atoms with Gasteiger partial charge in [-0.1, -0.05) is 85.0 Å². The third-order valence-corrected chi connectivity index (χ3v) is 4.35. The SMILES string of the molecule is CCCCCCCCCC[C@H](CCCCCC)OC(=O)CC. The van der Waals surface area contributed by atoms with Gasteiger partial charge in [-0.15, -0.1) is 0 Å². The molecule has 0 aliphatic rings. The zero-order chi connectivity index (χ0) is 16.5. The monoisotopic (exact) mass is 312 g/mol. The van der Waals surface area contributed by atoms with Gasteiger partial charge < -0.3 is 4.74 Å². The summed E-state index contributed by atoms with van der Waals surface area (Å²) < 4.78 is 5.60. The summed E-state index contributed by atoms with van der Waals surface area (Å²) in [7, 11) is 0. The van der Waals surface area contributed by atoms with Gasteiger partial charge in [0.05, 0.1) is 0 Å². The molecule has 1 atom stereocenters. The third kappa shape index (κ3) is 14.4. The summed E-state index contributed by atoms with van der Waals surface area (Å²) in [6.45, 7) is 6.38. The second-order valence-electron chi connectivity index (χ2n) is 6.58. The molecule has 0 aliphatic carbocycles. The quantitative estimate of drug-likeness (QED) is 0.231. The van der Waals surface area contributed by atoms with Gasteiger partial charge in [0.25, 0.3) is 0 Å². The number of carbonyl (C=O) groups is 1. The van der Waals surface area contributed by atoms with Crippen molar-refractivity contribution >= 4 is 5.97 Å². The first kappa shape index (κ1) is 21.5. The fraction of sp³-hybridized carbons (Fsp3) is 0.950. The molecule has 0 aromatic carbocycles. The van der Waals surface area contributed by atoms with Crippen molar-refractivity contribution in [2.24, 2.45) is 0 Å². The highest BCUT2D eigenvalue weighted by molar-refractivity contribution is 5.69. The summed E-state index contributed by atoms with van der Waals surface area (Å²) in [6, 6.07) is 0. The van der Waals surface area contributed by atoms with Gasteiger partial charge >= 0.3 is 5.97 Å². The molecule has 0 aliphatic heterocycles. The Morgan fingerprint density at radius 2 is 1.09 bits per heavy atom. The lowest BCUT2D eigenvalue weighted by molar-refractivity contribution is -0.149. The molecule has 0 spiro atoms. The first-order chi connectivity index (χ1) is 10.7. The summed E-state index contributed by atoms with van der Waals surface area (Å²) >= 11 is 0. The van der Waals surface area contributed by atoms with Crippen LogP contribution in [-0.4, -0.2) is 12.1 Å². The number of hydrogen-bond donors (Lipinski definition) is 0. The Balaban J connectivity index is 3.70. The van der Waals surface area contributed by atoms with Gasteiger partial charge in [-0.3, -0.25) is 4.79 Å². The minimum atomic E-state index is -0.0277. The van der Waals surface area contributed by atoms with Crippen LogP contribution in [0.15, 0.2) is 0 Å². The molecule has 0 rings (SSSR count). The van der Waals surface area contributed by atoms with E-state index in [9.17, 15) is 4.79 Å². The first-order valence-electron chi connectivity index (χ1n) is 9.94. The Kier molecular flexibility index (Phi) is 16.4. The van der Waals surface area contributed by atoms with Gasteiger partial charge in [-0.25, -0.2) is 0 Å². The largest absolute Gasteiger partial charge is 0.462 e. The van der Waals surface area contributed by atoms with Crippen molar-refractivity contribution in [2.75, 3.05) is 0 Å². The average molecular weight is 313 g/mol. The zero-order valence-corrected chi connectivity index (χ0v) is 15.5. The maximum Gasteiger partial charge on any atom is 0.305 e. The van der Waals surface area contributed by atoms with Crippen molar-refractivity contribution < 1.29 is 9.53 Å². The second kappa shape index (κ2) is 16.8. The van der Waals surface area contributed by atoms with E-state index in [1.54, 1.807) is 0 Å². The Hall–Kier alpha value is -0.530. The lowest BCUT2D eigenvalue weighted by Gasteiger charge is -2.17. The van der Waals surface area contributed by atoms with E-state index in [4.69, 9.17) is 4.74 Å². The molecule has 0 aromatic heterocycles. The number of hydrogen-bond acceptors (Lipinski definition) is 2. The van der Waals surface area contributed by atoms with Crippen molar-refractivity contribution in [2.45, 2.75) is 123 Å². The van der Waals surface area contributed by atoms with E-state index in [1.165, 1.54) is 77.0 Å². The number of ether oxygens (including phenoxy) is 1. The molecule has 0 heterocycles. The van der Waals surface area contributed by atoms with Crippen LogP contribution in [0.4, 0.5) is 0 Å². The molecule has 0 saturated heterocycles. The Bertz CT molecular complexity index is 238. The lowest BCUT2D eigenvalue weighted by atomic mass is 10.0. The molecule has 0 N–H and O–H groups in total. The molecular weight excluding hydrogens is 272 g/mol. The standard InChI is InChI=1S/C20H40O2/c1-4-7-9-11-12-13-14-16-18-19(22-20(21)6-3)17-15-10-8-5-2/h19H,4-18H2,1-3H3/t19-/m0/s1. The van der Waals surface area contributed by atoms with Gasteiger partial charge in [-0.05, 0) is 25.7 Å². The average Bonchev–Trinajstić information content (AvgIpc) is 2.53. The minimum Gasteiger partial charge on any atom is -0.462 e. The van der Waals surface area contributed by atoms with E-state index >= 15 is 0 Å². The Morgan fingerprint density at radius 1 is 0.682 bits per heavy atom. The summed E-state index contributed by atoms with van der Waals surface area (Å²) in [5, 5.41) is 0. The normalized spacial score (nSPS) is 12.3. The van der Waals surface area contributed by atoms with E-state index < -0.39 is 0 Å². The van der Waals surface area contributed by atoms with Crippen molar-refractivity contribution in [3.8, 4) is 0 Å². The predicted molar refractivity (Wildman–Crippen MR) is 96.2 cm³/mol. The highest BCUT2D eigenvalue weighted by Crippen LogP contribution is 2.17. The summed E-state index contributed by atoms with van der Waals surface area (Å²) in [4.78, 5) is 11.5. The number of esters is 1. The van der Waals surface area contributed by atoms with Crippen LogP contribution in [0.25, 0.3) is 0 Å². The molecule has 0 amide bonds. The van der Waals surface area contributed by atoms with E-state index in [0.29, 0.717) is 6.42 Å².